The molecule has 1 fully saturated rings. The zero-order valence-corrected chi connectivity index (χ0v) is 14.3. The first-order valence-electron chi connectivity index (χ1n) is 8.47. The average Bonchev–Trinajstić information content (AvgIpc) is 2.59. The third-order valence-electron chi connectivity index (χ3n) is 3.89. The summed E-state index contributed by atoms with van der Waals surface area (Å²) in [7, 11) is 0. The Balaban J connectivity index is 1.67. The first-order chi connectivity index (χ1) is 11.6. The molecule has 3 unspecified atom stereocenters. The highest BCUT2D eigenvalue weighted by molar-refractivity contribution is 5.80. The number of amides is 1. The van der Waals surface area contributed by atoms with Gasteiger partial charge in [-0.15, -0.1) is 0 Å². The van der Waals surface area contributed by atoms with E-state index in [4.69, 9.17) is 14.2 Å². The molecular weight excluding hydrogens is 313 g/mol. The van der Waals surface area contributed by atoms with Gasteiger partial charge in [0.2, 0.25) is 5.91 Å². The van der Waals surface area contributed by atoms with Crippen LogP contribution in [0, 0.1) is 5.82 Å². The van der Waals surface area contributed by atoms with Crippen LogP contribution in [0.15, 0.2) is 24.3 Å². The van der Waals surface area contributed by atoms with Gasteiger partial charge in [-0.25, -0.2) is 4.39 Å². The van der Waals surface area contributed by atoms with Crippen molar-refractivity contribution in [3.8, 4) is 5.75 Å². The van der Waals surface area contributed by atoms with Crippen molar-refractivity contribution < 1.29 is 23.4 Å². The Morgan fingerprint density at radius 1 is 1.38 bits per heavy atom. The second-order valence-electron chi connectivity index (χ2n) is 6.12. The molecule has 6 heteroatoms. The van der Waals surface area contributed by atoms with Crippen molar-refractivity contribution >= 4 is 5.91 Å². The minimum atomic E-state index is -0.563. The van der Waals surface area contributed by atoms with Crippen LogP contribution in [0.4, 0.5) is 4.39 Å². The van der Waals surface area contributed by atoms with Gasteiger partial charge in [-0.05, 0) is 45.2 Å². The minimum Gasteiger partial charge on any atom is -0.488 e. The summed E-state index contributed by atoms with van der Waals surface area (Å²) in [4.78, 5) is 12.1. The lowest BCUT2D eigenvalue weighted by Crippen LogP contribution is -2.43. The number of hydrogen-bond donors (Lipinski definition) is 1. The Kier molecular flexibility index (Phi) is 7.46. The van der Waals surface area contributed by atoms with Crippen LogP contribution < -0.4 is 10.1 Å². The van der Waals surface area contributed by atoms with Gasteiger partial charge >= 0.3 is 0 Å². The lowest BCUT2D eigenvalue weighted by Gasteiger charge is -2.24. The first kappa shape index (κ1) is 18.7. The van der Waals surface area contributed by atoms with Crippen LogP contribution >= 0.6 is 0 Å². The average molecular weight is 339 g/mol. The van der Waals surface area contributed by atoms with Crippen LogP contribution in [-0.2, 0) is 14.3 Å². The molecule has 1 aliphatic rings. The molecule has 5 nitrogen and oxygen atoms in total. The summed E-state index contributed by atoms with van der Waals surface area (Å²) >= 11 is 0. The lowest BCUT2D eigenvalue weighted by molar-refractivity contribution is -0.136. The number of hydrogen-bond acceptors (Lipinski definition) is 4. The van der Waals surface area contributed by atoms with Gasteiger partial charge in [0.15, 0.2) is 11.6 Å². The van der Waals surface area contributed by atoms with Gasteiger partial charge in [0, 0.05) is 6.61 Å². The Morgan fingerprint density at radius 3 is 2.88 bits per heavy atom. The highest BCUT2D eigenvalue weighted by Gasteiger charge is 2.20. The van der Waals surface area contributed by atoms with Gasteiger partial charge in [0.25, 0.3) is 0 Å². The summed E-state index contributed by atoms with van der Waals surface area (Å²) in [5, 5.41) is 2.80. The molecule has 1 aromatic carbocycles. The normalized spacial score (nSPS) is 20.2. The number of carbonyl (C=O) groups excluding carboxylic acids is 1. The van der Waals surface area contributed by atoms with E-state index in [-0.39, 0.29) is 30.4 Å². The van der Waals surface area contributed by atoms with Gasteiger partial charge in [0.05, 0.1) is 18.8 Å². The van der Waals surface area contributed by atoms with Crippen molar-refractivity contribution in [1.82, 2.24) is 5.32 Å². The lowest BCUT2D eigenvalue weighted by atomic mass is 10.1. The summed E-state index contributed by atoms with van der Waals surface area (Å²) in [6.45, 7) is 4.89. The van der Waals surface area contributed by atoms with Crippen molar-refractivity contribution in [3.05, 3.63) is 30.1 Å². The van der Waals surface area contributed by atoms with Gasteiger partial charge in [-0.3, -0.25) is 4.79 Å². The topological polar surface area (TPSA) is 56.8 Å². The zero-order valence-electron chi connectivity index (χ0n) is 14.3. The van der Waals surface area contributed by atoms with E-state index < -0.39 is 11.9 Å². The summed E-state index contributed by atoms with van der Waals surface area (Å²) in [5.41, 5.74) is 0. The molecule has 1 saturated heterocycles. The SMILES string of the molecule is CC(COc1ccccc1F)NC(=O)C(C)OCC1CCCCO1. The smallest absolute Gasteiger partial charge is 0.249 e. The Bertz CT molecular complexity index is 519. The summed E-state index contributed by atoms with van der Waals surface area (Å²) in [6, 6.07) is 5.93. The van der Waals surface area contributed by atoms with E-state index in [0.717, 1.165) is 25.9 Å². The monoisotopic (exact) mass is 339 g/mol. The third kappa shape index (κ3) is 6.09. The van der Waals surface area contributed by atoms with Gasteiger partial charge < -0.3 is 19.5 Å². The molecule has 2 rings (SSSR count). The van der Waals surface area contributed by atoms with Crippen molar-refractivity contribution in [3.63, 3.8) is 0 Å². The Hall–Kier alpha value is -1.66. The number of carbonyl (C=O) groups is 1. The second kappa shape index (κ2) is 9.59. The molecular formula is C18H26FNO4. The molecule has 0 spiro atoms. The molecule has 1 aliphatic heterocycles. The fourth-order valence-corrected chi connectivity index (χ4v) is 2.44. The minimum absolute atomic E-state index is 0.0795. The molecule has 24 heavy (non-hydrogen) atoms. The molecule has 0 saturated carbocycles. The summed E-state index contributed by atoms with van der Waals surface area (Å²) in [5.74, 6) is -0.451. The standard InChI is InChI=1S/C18H26FNO4/c1-13(11-24-17-9-4-3-8-16(17)19)20-18(21)14(2)23-12-15-7-5-6-10-22-15/h3-4,8-9,13-15H,5-7,10-12H2,1-2H3,(H,20,21). The predicted octanol–water partition coefficient (Wildman–Crippen LogP) is 2.68. The van der Waals surface area contributed by atoms with E-state index in [2.05, 4.69) is 5.32 Å². The van der Waals surface area contributed by atoms with Crippen molar-refractivity contribution in [2.45, 2.75) is 51.4 Å². The van der Waals surface area contributed by atoms with E-state index in [1.165, 1.54) is 6.07 Å². The summed E-state index contributed by atoms with van der Waals surface area (Å²) < 4.78 is 30.0. The molecule has 1 aromatic rings. The fourth-order valence-electron chi connectivity index (χ4n) is 2.44. The van der Waals surface area contributed by atoms with Crippen LogP contribution in [-0.4, -0.2) is 44.0 Å². The molecule has 1 amide bonds. The third-order valence-corrected chi connectivity index (χ3v) is 3.89. The fraction of sp³-hybridized carbons (Fsp3) is 0.611. The molecule has 0 bridgehead atoms. The molecule has 134 valence electrons. The molecule has 0 radical (unpaired) electrons. The number of ether oxygens (including phenoxy) is 3. The maximum Gasteiger partial charge on any atom is 0.249 e. The Labute approximate surface area is 142 Å². The van der Waals surface area contributed by atoms with Crippen LogP contribution in [0.1, 0.15) is 33.1 Å². The van der Waals surface area contributed by atoms with E-state index in [0.29, 0.717) is 6.61 Å². The number of rotatable bonds is 8. The van der Waals surface area contributed by atoms with Crippen LogP contribution in [0.25, 0.3) is 0 Å². The summed E-state index contributed by atoms with van der Waals surface area (Å²) in [6.07, 6.45) is 2.72. The van der Waals surface area contributed by atoms with Crippen LogP contribution in [0.3, 0.4) is 0 Å². The maximum absolute atomic E-state index is 13.5. The van der Waals surface area contributed by atoms with Crippen molar-refractivity contribution in [2.24, 2.45) is 0 Å². The van der Waals surface area contributed by atoms with Gasteiger partial charge in [-0.2, -0.15) is 0 Å². The molecule has 0 aromatic heterocycles. The second-order valence-corrected chi connectivity index (χ2v) is 6.12. The van der Waals surface area contributed by atoms with Crippen molar-refractivity contribution in [2.75, 3.05) is 19.8 Å². The molecule has 3 atom stereocenters. The molecule has 1 heterocycles. The van der Waals surface area contributed by atoms with Crippen LogP contribution in [0.2, 0.25) is 0 Å². The largest absolute Gasteiger partial charge is 0.488 e. The van der Waals surface area contributed by atoms with E-state index in [1.54, 1.807) is 32.0 Å². The number of para-hydroxylation sites is 1. The quantitative estimate of drug-likeness (QED) is 0.791. The molecule has 1 N–H and O–H groups in total. The zero-order chi connectivity index (χ0) is 17.4. The van der Waals surface area contributed by atoms with Crippen LogP contribution in [0.5, 0.6) is 5.75 Å². The number of halogens is 1. The van der Waals surface area contributed by atoms with Crippen molar-refractivity contribution in [1.29, 1.82) is 0 Å². The van der Waals surface area contributed by atoms with E-state index in [9.17, 15) is 9.18 Å². The van der Waals surface area contributed by atoms with E-state index in [1.807, 2.05) is 0 Å². The van der Waals surface area contributed by atoms with Gasteiger partial charge in [-0.1, -0.05) is 12.1 Å². The maximum atomic E-state index is 13.5. The Morgan fingerprint density at radius 2 is 2.17 bits per heavy atom. The predicted molar refractivity (Wildman–Crippen MR) is 88.5 cm³/mol. The van der Waals surface area contributed by atoms with E-state index >= 15 is 0 Å². The number of benzene rings is 1. The number of nitrogens with one attached hydrogen (secondary N) is 1. The first-order valence-corrected chi connectivity index (χ1v) is 8.47. The highest BCUT2D eigenvalue weighted by atomic mass is 19.1. The molecule has 0 aliphatic carbocycles. The highest BCUT2D eigenvalue weighted by Crippen LogP contribution is 2.15. The van der Waals surface area contributed by atoms with Gasteiger partial charge in [0.1, 0.15) is 12.7 Å².